The quantitative estimate of drug-likeness (QED) is 0.724. The number of carbonyl (C=O) groups excluding carboxylic acids is 2. The largest absolute Gasteiger partial charge is 0.280 e. The summed E-state index contributed by atoms with van der Waals surface area (Å²) in [6.07, 6.45) is 2.44. The molecular formula is C10H11N3O4S. The van der Waals surface area contributed by atoms with Crippen LogP contribution in [0.15, 0.2) is 18.3 Å². The average molecular weight is 269 g/mol. The highest BCUT2D eigenvalue weighted by molar-refractivity contribution is 7.88. The highest BCUT2D eigenvalue weighted by Crippen LogP contribution is 2.19. The Labute approximate surface area is 104 Å². The van der Waals surface area contributed by atoms with Crippen LogP contribution in [0.1, 0.15) is 20.8 Å². The van der Waals surface area contributed by atoms with E-state index in [-0.39, 0.29) is 24.3 Å². The zero-order valence-electron chi connectivity index (χ0n) is 9.58. The second-order valence-corrected chi connectivity index (χ2v) is 5.66. The normalized spacial score (nSPS) is 15.1. The van der Waals surface area contributed by atoms with E-state index in [0.717, 1.165) is 11.2 Å². The molecule has 0 saturated heterocycles. The van der Waals surface area contributed by atoms with Crippen LogP contribution in [-0.4, -0.2) is 49.5 Å². The Kier molecular flexibility index (Phi) is 3.14. The van der Waals surface area contributed by atoms with E-state index in [9.17, 15) is 18.0 Å². The minimum atomic E-state index is -3.33. The van der Waals surface area contributed by atoms with Crippen molar-refractivity contribution in [3.63, 3.8) is 0 Å². The van der Waals surface area contributed by atoms with E-state index in [1.165, 1.54) is 12.3 Å². The van der Waals surface area contributed by atoms with E-state index < -0.39 is 21.8 Å². The third-order valence-corrected chi connectivity index (χ3v) is 3.16. The molecule has 2 rings (SSSR count). The van der Waals surface area contributed by atoms with Gasteiger partial charge in [-0.15, -0.1) is 0 Å². The molecule has 0 unspecified atom stereocenters. The lowest BCUT2D eigenvalue weighted by molar-refractivity contribution is 0.0655. The zero-order valence-corrected chi connectivity index (χ0v) is 10.4. The molecule has 96 valence electrons. The molecule has 8 heteroatoms. The molecule has 1 aliphatic heterocycles. The summed E-state index contributed by atoms with van der Waals surface area (Å²) in [6.45, 7) is -0.0224. The summed E-state index contributed by atoms with van der Waals surface area (Å²) < 4.78 is 24.0. The molecule has 0 radical (unpaired) electrons. The van der Waals surface area contributed by atoms with Gasteiger partial charge < -0.3 is 0 Å². The fourth-order valence-corrected chi connectivity index (χ4v) is 2.12. The van der Waals surface area contributed by atoms with Crippen LogP contribution in [0.4, 0.5) is 0 Å². The molecule has 1 aromatic rings. The van der Waals surface area contributed by atoms with Crippen molar-refractivity contribution in [2.45, 2.75) is 0 Å². The zero-order chi connectivity index (χ0) is 13.3. The minimum absolute atomic E-state index is 0.00962. The van der Waals surface area contributed by atoms with E-state index in [0.29, 0.717) is 0 Å². The Balaban J connectivity index is 2.10. The molecule has 0 aromatic carbocycles. The second-order valence-electron chi connectivity index (χ2n) is 3.83. The first-order valence-electron chi connectivity index (χ1n) is 5.16. The summed E-state index contributed by atoms with van der Waals surface area (Å²) in [5.41, 5.74) is 0.365. The summed E-state index contributed by atoms with van der Waals surface area (Å²) in [5, 5.41) is 0. The molecule has 0 atom stereocenters. The highest BCUT2D eigenvalue weighted by atomic mass is 32.2. The van der Waals surface area contributed by atoms with Gasteiger partial charge in [-0.1, -0.05) is 0 Å². The summed E-state index contributed by atoms with van der Waals surface area (Å²) in [4.78, 5) is 28.5. The fourth-order valence-electron chi connectivity index (χ4n) is 1.66. The lowest BCUT2D eigenvalue weighted by Crippen LogP contribution is -2.37. The number of sulfonamides is 1. The minimum Gasteiger partial charge on any atom is -0.272 e. The number of rotatable bonds is 4. The molecule has 18 heavy (non-hydrogen) atoms. The van der Waals surface area contributed by atoms with Crippen LogP contribution in [-0.2, 0) is 10.0 Å². The third-order valence-electron chi connectivity index (χ3n) is 2.43. The van der Waals surface area contributed by atoms with Crippen molar-refractivity contribution in [3.05, 3.63) is 29.6 Å². The van der Waals surface area contributed by atoms with Gasteiger partial charge in [-0.05, 0) is 12.1 Å². The molecule has 0 aliphatic carbocycles. The first-order valence-corrected chi connectivity index (χ1v) is 7.05. The number of nitrogens with zero attached hydrogens (tertiary/aromatic N) is 2. The van der Waals surface area contributed by atoms with Crippen molar-refractivity contribution < 1.29 is 18.0 Å². The molecule has 2 heterocycles. The molecule has 1 aromatic heterocycles. The highest BCUT2D eigenvalue weighted by Gasteiger charge is 2.36. The topological polar surface area (TPSA) is 96.4 Å². The van der Waals surface area contributed by atoms with Crippen LogP contribution >= 0.6 is 0 Å². The maximum Gasteiger partial charge on any atom is 0.280 e. The van der Waals surface area contributed by atoms with Crippen LogP contribution in [0.5, 0.6) is 0 Å². The first-order chi connectivity index (χ1) is 8.40. The van der Waals surface area contributed by atoms with Gasteiger partial charge in [0.1, 0.15) is 5.69 Å². The van der Waals surface area contributed by atoms with E-state index in [4.69, 9.17) is 0 Å². The number of fused-ring (bicyclic) bond motifs is 1. The Hall–Kier alpha value is -1.80. The predicted molar refractivity (Wildman–Crippen MR) is 62.5 cm³/mol. The van der Waals surface area contributed by atoms with Crippen LogP contribution in [0.2, 0.25) is 0 Å². The monoisotopic (exact) mass is 269 g/mol. The molecule has 1 aliphatic rings. The maximum absolute atomic E-state index is 11.9. The molecule has 1 N–H and O–H groups in total. The van der Waals surface area contributed by atoms with Crippen molar-refractivity contribution in [3.8, 4) is 0 Å². The van der Waals surface area contributed by atoms with E-state index in [2.05, 4.69) is 9.71 Å². The standard InChI is InChI=1S/C10H11N3O4S/c1-18(16,17)12-5-6-13-9(14)7-3-2-4-11-8(7)10(13)15/h2-4,12H,5-6H2,1H3. The van der Waals surface area contributed by atoms with E-state index >= 15 is 0 Å². The number of carbonyl (C=O) groups is 2. The van der Waals surface area contributed by atoms with Gasteiger partial charge in [0.15, 0.2) is 0 Å². The lowest BCUT2D eigenvalue weighted by atomic mass is 10.2. The Morgan fingerprint density at radius 3 is 2.67 bits per heavy atom. The summed E-state index contributed by atoms with van der Waals surface area (Å²) in [5.74, 6) is -0.940. The van der Waals surface area contributed by atoms with Crippen molar-refractivity contribution in [2.24, 2.45) is 0 Å². The van der Waals surface area contributed by atoms with Crippen LogP contribution in [0.3, 0.4) is 0 Å². The number of hydrogen-bond donors (Lipinski definition) is 1. The van der Waals surface area contributed by atoms with Crippen molar-refractivity contribution in [2.75, 3.05) is 19.3 Å². The molecule has 7 nitrogen and oxygen atoms in total. The number of nitrogens with one attached hydrogen (secondary N) is 1. The Morgan fingerprint density at radius 1 is 1.33 bits per heavy atom. The summed E-state index contributed by atoms with van der Waals surface area (Å²) >= 11 is 0. The van der Waals surface area contributed by atoms with Gasteiger partial charge in [0.05, 0.1) is 11.8 Å². The van der Waals surface area contributed by atoms with E-state index in [1.54, 1.807) is 6.07 Å². The van der Waals surface area contributed by atoms with Gasteiger partial charge in [-0.3, -0.25) is 19.5 Å². The number of amides is 2. The number of hydrogen-bond acceptors (Lipinski definition) is 5. The Morgan fingerprint density at radius 2 is 2.06 bits per heavy atom. The van der Waals surface area contributed by atoms with Gasteiger partial charge in [0, 0.05) is 19.3 Å². The van der Waals surface area contributed by atoms with Gasteiger partial charge in [-0.2, -0.15) is 0 Å². The van der Waals surface area contributed by atoms with Crippen molar-refractivity contribution in [1.29, 1.82) is 0 Å². The number of pyridine rings is 1. The van der Waals surface area contributed by atoms with Crippen LogP contribution in [0.25, 0.3) is 0 Å². The van der Waals surface area contributed by atoms with Gasteiger partial charge in [0.2, 0.25) is 10.0 Å². The lowest BCUT2D eigenvalue weighted by Gasteiger charge is -2.12. The van der Waals surface area contributed by atoms with Crippen LogP contribution < -0.4 is 4.72 Å². The van der Waals surface area contributed by atoms with Gasteiger partial charge in [-0.25, -0.2) is 13.1 Å². The van der Waals surface area contributed by atoms with Crippen molar-refractivity contribution >= 4 is 21.8 Å². The summed E-state index contributed by atoms with van der Waals surface area (Å²) in [7, 11) is -3.33. The molecule has 0 fully saturated rings. The first kappa shape index (κ1) is 12.7. The van der Waals surface area contributed by atoms with Crippen molar-refractivity contribution in [1.82, 2.24) is 14.6 Å². The third kappa shape index (κ3) is 2.39. The van der Waals surface area contributed by atoms with E-state index in [1.807, 2.05) is 0 Å². The average Bonchev–Trinajstić information content (AvgIpc) is 2.53. The Bertz CT molecular complexity index is 576. The smallest absolute Gasteiger partial charge is 0.272 e. The molecule has 2 amide bonds. The number of imide groups is 1. The molecule has 0 saturated carbocycles. The summed E-state index contributed by atoms with van der Waals surface area (Å²) in [6, 6.07) is 3.09. The predicted octanol–water partition coefficient (Wildman–Crippen LogP) is -0.773. The van der Waals surface area contributed by atoms with Gasteiger partial charge >= 0.3 is 0 Å². The molecular weight excluding hydrogens is 258 g/mol. The SMILES string of the molecule is CS(=O)(=O)NCCN1C(=O)c2cccnc2C1=O. The number of aromatic nitrogens is 1. The molecule has 0 bridgehead atoms. The van der Waals surface area contributed by atoms with Gasteiger partial charge in [0.25, 0.3) is 11.8 Å². The fraction of sp³-hybridized carbons (Fsp3) is 0.300. The maximum atomic E-state index is 11.9. The molecule has 0 spiro atoms. The second kappa shape index (κ2) is 4.46. The van der Waals surface area contributed by atoms with Crippen LogP contribution in [0, 0.1) is 0 Å².